The molecule has 0 unspecified atom stereocenters. The number of anilines is 1. The highest BCUT2D eigenvalue weighted by Gasteiger charge is 2.26. The van der Waals surface area contributed by atoms with Crippen molar-refractivity contribution in [3.63, 3.8) is 0 Å². The quantitative estimate of drug-likeness (QED) is 0.564. The van der Waals surface area contributed by atoms with E-state index in [4.69, 9.17) is 0 Å². The first-order valence-electron chi connectivity index (χ1n) is 7.80. The van der Waals surface area contributed by atoms with Crippen molar-refractivity contribution in [1.82, 2.24) is 0 Å². The molecule has 0 aliphatic carbocycles. The maximum atomic E-state index is 12.4. The summed E-state index contributed by atoms with van der Waals surface area (Å²) in [4.78, 5) is 17.6. The Bertz CT molecular complexity index is 744. The Morgan fingerprint density at radius 3 is 2.32 bits per heavy atom. The fraction of sp³-hybridized carbons (Fsp3) is 0.333. The first-order valence-corrected chi connectivity index (χ1v) is 8.62. The molecule has 0 saturated heterocycles. The van der Waals surface area contributed by atoms with Gasteiger partial charge in [0.15, 0.2) is 0 Å². The van der Waals surface area contributed by atoms with Crippen LogP contribution in [0.5, 0.6) is 0 Å². The second-order valence-corrected chi connectivity index (χ2v) is 7.03. The number of carbonyl (C=O) groups excluding carboxylic acids is 1. The van der Waals surface area contributed by atoms with E-state index >= 15 is 0 Å². The third-order valence-corrected chi connectivity index (χ3v) is 5.18. The molecule has 1 aromatic heterocycles. The summed E-state index contributed by atoms with van der Waals surface area (Å²) in [5, 5.41) is 31.7. The number of aliphatic hydroxyl groups excluding tert-OH is 3. The van der Waals surface area contributed by atoms with Gasteiger partial charge in [-0.05, 0) is 31.5 Å². The zero-order chi connectivity index (χ0) is 18.4. The summed E-state index contributed by atoms with van der Waals surface area (Å²) in [6.45, 7) is 2.40. The van der Waals surface area contributed by atoms with Crippen LogP contribution in [0.25, 0.3) is 0 Å². The molecule has 0 spiro atoms. The molecular formula is C18H22N2O4S. The first-order chi connectivity index (χ1) is 12.0. The molecule has 0 radical (unpaired) electrons. The van der Waals surface area contributed by atoms with Gasteiger partial charge >= 0.3 is 0 Å². The van der Waals surface area contributed by atoms with Crippen LogP contribution in [0.2, 0.25) is 0 Å². The van der Waals surface area contributed by atoms with E-state index in [0.717, 1.165) is 10.4 Å². The van der Waals surface area contributed by atoms with Crippen LogP contribution in [-0.2, 0) is 0 Å². The van der Waals surface area contributed by atoms with Crippen LogP contribution in [0.1, 0.15) is 26.4 Å². The van der Waals surface area contributed by atoms with E-state index < -0.39 is 25.4 Å². The Kier molecular flexibility index (Phi) is 6.44. The highest BCUT2D eigenvalue weighted by Crippen LogP contribution is 2.32. The molecule has 2 rings (SSSR count). The predicted molar refractivity (Wildman–Crippen MR) is 99.8 cm³/mol. The SMILES string of the molecule is Cc1sc(NC(=O)c2ccccc2)c(C=NC(CO)(CO)CO)c1C. The lowest BCUT2D eigenvalue weighted by Gasteiger charge is -2.22. The summed E-state index contributed by atoms with van der Waals surface area (Å²) >= 11 is 1.43. The lowest BCUT2D eigenvalue weighted by Crippen LogP contribution is -2.39. The van der Waals surface area contributed by atoms with E-state index in [1.165, 1.54) is 17.6 Å². The zero-order valence-corrected chi connectivity index (χ0v) is 15.0. The second-order valence-electron chi connectivity index (χ2n) is 5.80. The van der Waals surface area contributed by atoms with Crippen molar-refractivity contribution >= 4 is 28.5 Å². The highest BCUT2D eigenvalue weighted by atomic mass is 32.1. The van der Waals surface area contributed by atoms with Gasteiger partial charge < -0.3 is 20.6 Å². The highest BCUT2D eigenvalue weighted by molar-refractivity contribution is 7.16. The van der Waals surface area contributed by atoms with Gasteiger partial charge in [-0.1, -0.05) is 18.2 Å². The predicted octanol–water partition coefficient (Wildman–Crippen LogP) is 1.75. The van der Waals surface area contributed by atoms with Crippen LogP contribution < -0.4 is 5.32 Å². The summed E-state index contributed by atoms with van der Waals surface area (Å²) in [6, 6.07) is 8.88. The molecule has 0 aliphatic rings. The van der Waals surface area contributed by atoms with E-state index in [1.807, 2.05) is 19.9 Å². The van der Waals surface area contributed by atoms with Crippen molar-refractivity contribution in [3.05, 3.63) is 51.9 Å². The Morgan fingerprint density at radius 2 is 1.76 bits per heavy atom. The van der Waals surface area contributed by atoms with Gasteiger partial charge in [0, 0.05) is 22.2 Å². The Hall–Kier alpha value is -2.06. The monoisotopic (exact) mass is 362 g/mol. The summed E-state index contributed by atoms with van der Waals surface area (Å²) < 4.78 is 0. The fourth-order valence-electron chi connectivity index (χ4n) is 2.13. The van der Waals surface area contributed by atoms with Crippen LogP contribution in [0.4, 0.5) is 5.00 Å². The molecule has 0 bridgehead atoms. The van der Waals surface area contributed by atoms with Crippen molar-refractivity contribution in [2.45, 2.75) is 19.4 Å². The zero-order valence-electron chi connectivity index (χ0n) is 14.2. The maximum Gasteiger partial charge on any atom is 0.256 e. The van der Waals surface area contributed by atoms with E-state index in [0.29, 0.717) is 16.1 Å². The van der Waals surface area contributed by atoms with Gasteiger partial charge in [0.1, 0.15) is 10.5 Å². The Labute approximate surface area is 150 Å². The number of thiophene rings is 1. The van der Waals surface area contributed by atoms with Gasteiger partial charge in [-0.2, -0.15) is 0 Å². The number of aryl methyl sites for hydroxylation is 1. The minimum atomic E-state index is -1.34. The normalized spacial score (nSPS) is 11.9. The van der Waals surface area contributed by atoms with Gasteiger partial charge in [-0.15, -0.1) is 11.3 Å². The van der Waals surface area contributed by atoms with Gasteiger partial charge in [0.25, 0.3) is 5.91 Å². The molecule has 134 valence electrons. The van der Waals surface area contributed by atoms with E-state index in [-0.39, 0.29) is 5.91 Å². The average Bonchev–Trinajstić information content (AvgIpc) is 2.91. The molecule has 25 heavy (non-hydrogen) atoms. The van der Waals surface area contributed by atoms with E-state index in [2.05, 4.69) is 10.3 Å². The van der Waals surface area contributed by atoms with Crippen LogP contribution in [-0.4, -0.2) is 52.8 Å². The molecule has 0 fully saturated rings. The molecule has 0 atom stereocenters. The number of aliphatic hydroxyl groups is 3. The number of nitrogens with zero attached hydrogens (tertiary/aromatic N) is 1. The van der Waals surface area contributed by atoms with Crippen LogP contribution >= 0.6 is 11.3 Å². The molecule has 0 saturated carbocycles. The van der Waals surface area contributed by atoms with Crippen molar-refractivity contribution in [1.29, 1.82) is 0 Å². The van der Waals surface area contributed by atoms with E-state index in [9.17, 15) is 20.1 Å². The number of carbonyl (C=O) groups is 1. The number of benzene rings is 1. The number of nitrogens with one attached hydrogen (secondary N) is 1. The molecule has 7 heteroatoms. The molecule has 1 aromatic carbocycles. The number of rotatable bonds is 7. The smallest absolute Gasteiger partial charge is 0.256 e. The van der Waals surface area contributed by atoms with Gasteiger partial charge in [-0.3, -0.25) is 9.79 Å². The third kappa shape index (κ3) is 4.32. The summed E-state index contributed by atoms with van der Waals surface area (Å²) in [7, 11) is 0. The number of hydrogen-bond acceptors (Lipinski definition) is 6. The van der Waals surface area contributed by atoms with Gasteiger partial charge in [-0.25, -0.2) is 0 Å². The van der Waals surface area contributed by atoms with Crippen molar-refractivity contribution < 1.29 is 20.1 Å². The summed E-state index contributed by atoms with van der Waals surface area (Å²) in [5.41, 5.74) is 0.846. The number of aliphatic imine (C=N–C) groups is 1. The largest absolute Gasteiger partial charge is 0.394 e. The Morgan fingerprint density at radius 1 is 1.16 bits per heavy atom. The van der Waals surface area contributed by atoms with Gasteiger partial charge in [0.05, 0.1) is 19.8 Å². The number of amides is 1. The lowest BCUT2D eigenvalue weighted by atomic mass is 10.0. The molecule has 0 aliphatic heterocycles. The third-order valence-electron chi connectivity index (χ3n) is 4.05. The molecular weight excluding hydrogens is 340 g/mol. The first kappa shape index (κ1) is 19.3. The fourth-order valence-corrected chi connectivity index (χ4v) is 3.16. The van der Waals surface area contributed by atoms with Crippen molar-refractivity contribution in [2.75, 3.05) is 25.1 Å². The topological polar surface area (TPSA) is 102 Å². The van der Waals surface area contributed by atoms with Crippen molar-refractivity contribution in [3.8, 4) is 0 Å². The Balaban J connectivity index is 2.32. The standard InChI is InChI=1S/C18H22N2O4S/c1-12-13(2)25-17(20-16(24)14-6-4-3-5-7-14)15(12)8-19-18(9-21,10-22)11-23/h3-8,21-23H,9-11H2,1-2H3,(H,20,24). The summed E-state index contributed by atoms with van der Waals surface area (Å²) in [6.07, 6.45) is 1.49. The lowest BCUT2D eigenvalue weighted by molar-refractivity contribution is 0.0718. The van der Waals surface area contributed by atoms with Crippen molar-refractivity contribution in [2.24, 2.45) is 4.99 Å². The maximum absolute atomic E-state index is 12.4. The minimum absolute atomic E-state index is 0.228. The molecule has 4 N–H and O–H groups in total. The van der Waals surface area contributed by atoms with Crippen LogP contribution in [0.15, 0.2) is 35.3 Å². The van der Waals surface area contributed by atoms with Crippen LogP contribution in [0.3, 0.4) is 0 Å². The summed E-state index contributed by atoms with van der Waals surface area (Å²) in [5.74, 6) is -0.228. The molecule has 1 heterocycles. The molecule has 6 nitrogen and oxygen atoms in total. The minimum Gasteiger partial charge on any atom is -0.394 e. The molecule has 2 aromatic rings. The number of hydrogen-bond donors (Lipinski definition) is 4. The molecule has 1 amide bonds. The van der Waals surface area contributed by atoms with Crippen LogP contribution in [0, 0.1) is 13.8 Å². The average molecular weight is 362 g/mol. The van der Waals surface area contributed by atoms with Gasteiger partial charge in [0.2, 0.25) is 0 Å². The second kappa shape index (κ2) is 8.35. The van der Waals surface area contributed by atoms with E-state index in [1.54, 1.807) is 24.3 Å².